The van der Waals surface area contributed by atoms with E-state index in [-0.39, 0.29) is 11.5 Å². The summed E-state index contributed by atoms with van der Waals surface area (Å²) >= 11 is 0. The average molecular weight is 539 g/mol. The van der Waals surface area contributed by atoms with E-state index in [9.17, 15) is 10.2 Å². The molecule has 0 aromatic heterocycles. The van der Waals surface area contributed by atoms with Crippen LogP contribution in [0.15, 0.2) is 60.7 Å². The van der Waals surface area contributed by atoms with E-state index in [0.29, 0.717) is 50.3 Å². The third-order valence-corrected chi connectivity index (χ3v) is 7.36. The van der Waals surface area contributed by atoms with Gasteiger partial charge in [0.15, 0.2) is 0 Å². The Labute approximate surface area is 236 Å². The predicted octanol–water partition coefficient (Wildman–Crippen LogP) is 6.52. The van der Waals surface area contributed by atoms with Crippen molar-refractivity contribution in [3.05, 3.63) is 105 Å². The fourth-order valence-electron chi connectivity index (χ4n) is 5.55. The van der Waals surface area contributed by atoms with Crippen molar-refractivity contribution < 1.29 is 19.7 Å². The summed E-state index contributed by atoms with van der Waals surface area (Å²) in [4.78, 5) is 0. The van der Waals surface area contributed by atoms with Gasteiger partial charge in [-0.05, 0) is 59.4 Å². The Kier molecular flexibility index (Phi) is 8.06. The SMILES string of the molecule is CCCOc1c2cc(N)cc1Cc1cccc(c1O)Cc1cc(N)cc(c1OCCC)Cc1cccc(c1O)C2. The van der Waals surface area contributed by atoms with Crippen LogP contribution in [0, 0.1) is 0 Å². The van der Waals surface area contributed by atoms with Gasteiger partial charge in [-0.2, -0.15) is 0 Å². The zero-order valence-electron chi connectivity index (χ0n) is 23.3. The minimum Gasteiger partial charge on any atom is -0.507 e. The third-order valence-electron chi connectivity index (χ3n) is 7.36. The molecule has 208 valence electrons. The Bertz CT molecular complexity index is 1320. The molecule has 0 unspecified atom stereocenters. The van der Waals surface area contributed by atoms with E-state index in [1.54, 1.807) is 0 Å². The number of ether oxygens (including phenoxy) is 2. The molecule has 0 aliphatic heterocycles. The molecule has 0 saturated carbocycles. The van der Waals surface area contributed by atoms with Crippen LogP contribution >= 0.6 is 0 Å². The maximum Gasteiger partial charge on any atom is 0.126 e. The Morgan fingerprint density at radius 2 is 0.850 bits per heavy atom. The number of anilines is 2. The van der Waals surface area contributed by atoms with Crippen molar-refractivity contribution in [2.45, 2.75) is 52.4 Å². The van der Waals surface area contributed by atoms with Gasteiger partial charge in [-0.15, -0.1) is 0 Å². The summed E-state index contributed by atoms with van der Waals surface area (Å²) in [6.07, 6.45) is 3.50. The minimum absolute atomic E-state index is 0.244. The van der Waals surface area contributed by atoms with Crippen LogP contribution in [0.2, 0.25) is 0 Å². The summed E-state index contributed by atoms with van der Waals surface area (Å²) < 4.78 is 12.6. The molecule has 0 saturated heterocycles. The van der Waals surface area contributed by atoms with Gasteiger partial charge in [0.25, 0.3) is 0 Å². The minimum atomic E-state index is 0.244. The smallest absolute Gasteiger partial charge is 0.126 e. The molecule has 6 heteroatoms. The normalized spacial score (nSPS) is 12.7. The molecule has 5 rings (SSSR count). The number of nitrogens with two attached hydrogens (primary N) is 2. The number of phenolic OH excluding ortho intramolecular Hbond substituents is 2. The summed E-state index contributed by atoms with van der Waals surface area (Å²) in [7, 11) is 0. The van der Waals surface area contributed by atoms with Crippen LogP contribution in [0.4, 0.5) is 11.4 Å². The number of para-hydroxylation sites is 2. The van der Waals surface area contributed by atoms with Gasteiger partial charge in [0.2, 0.25) is 0 Å². The van der Waals surface area contributed by atoms with E-state index < -0.39 is 0 Å². The molecule has 6 N–H and O–H groups in total. The van der Waals surface area contributed by atoms with Crippen molar-refractivity contribution >= 4 is 11.4 Å². The maximum absolute atomic E-state index is 11.5. The fourth-order valence-corrected chi connectivity index (χ4v) is 5.55. The predicted molar refractivity (Wildman–Crippen MR) is 161 cm³/mol. The molecule has 40 heavy (non-hydrogen) atoms. The summed E-state index contributed by atoms with van der Waals surface area (Å²) in [5.74, 6) is 2.00. The molecule has 0 radical (unpaired) electrons. The van der Waals surface area contributed by atoms with Crippen LogP contribution in [0.3, 0.4) is 0 Å². The molecule has 0 spiro atoms. The number of nitrogen functional groups attached to an aromatic ring is 2. The third kappa shape index (κ3) is 5.67. The molecule has 1 aliphatic carbocycles. The van der Waals surface area contributed by atoms with Crippen molar-refractivity contribution in [2.75, 3.05) is 24.7 Å². The van der Waals surface area contributed by atoms with Gasteiger partial charge in [0.1, 0.15) is 23.0 Å². The van der Waals surface area contributed by atoms with E-state index in [1.165, 1.54) is 0 Å². The Morgan fingerprint density at radius 3 is 1.12 bits per heavy atom. The molecule has 1 aliphatic rings. The van der Waals surface area contributed by atoms with Gasteiger partial charge in [0, 0.05) is 59.3 Å². The largest absolute Gasteiger partial charge is 0.507 e. The van der Waals surface area contributed by atoms with Crippen LogP contribution in [0.5, 0.6) is 23.0 Å². The van der Waals surface area contributed by atoms with Gasteiger partial charge in [-0.3, -0.25) is 0 Å². The Balaban J connectivity index is 1.74. The van der Waals surface area contributed by atoms with E-state index in [1.807, 2.05) is 60.7 Å². The van der Waals surface area contributed by atoms with Gasteiger partial charge < -0.3 is 31.2 Å². The van der Waals surface area contributed by atoms with Crippen molar-refractivity contribution in [3.63, 3.8) is 0 Å². The van der Waals surface area contributed by atoms with Crippen LogP contribution in [0.25, 0.3) is 0 Å². The average Bonchev–Trinajstić information content (AvgIpc) is 2.91. The van der Waals surface area contributed by atoms with Crippen LogP contribution in [-0.4, -0.2) is 23.4 Å². The lowest BCUT2D eigenvalue weighted by molar-refractivity contribution is 0.311. The van der Waals surface area contributed by atoms with Crippen molar-refractivity contribution in [1.29, 1.82) is 0 Å². The zero-order valence-corrected chi connectivity index (χ0v) is 23.3. The fraction of sp³-hybridized carbons (Fsp3) is 0.294. The quantitative estimate of drug-likeness (QED) is 0.183. The number of benzene rings is 4. The van der Waals surface area contributed by atoms with Crippen molar-refractivity contribution in [2.24, 2.45) is 0 Å². The zero-order chi connectivity index (χ0) is 28.2. The standard InChI is InChI=1S/C34H38N2O4/c1-3-11-39-33-25-13-21-7-5-9-23(31(21)37)15-27-19-30(36)20-28(34(27)40-12-4-2)16-24-10-6-8-22(32(24)38)14-26(33)18-29(35)17-25/h5-10,17-20,37-38H,3-4,11-16,35-36H2,1-2H3. The molecular weight excluding hydrogens is 500 g/mol. The maximum atomic E-state index is 11.5. The van der Waals surface area contributed by atoms with E-state index in [0.717, 1.165) is 68.8 Å². The number of phenols is 2. The number of aromatic hydroxyl groups is 2. The number of rotatable bonds is 6. The summed E-state index contributed by atoms with van der Waals surface area (Å²) in [5.41, 5.74) is 20.7. The molecule has 0 atom stereocenters. The summed E-state index contributed by atoms with van der Waals surface area (Å²) in [5, 5.41) is 22.9. The lowest BCUT2D eigenvalue weighted by Gasteiger charge is -2.21. The second-order valence-electron chi connectivity index (χ2n) is 10.6. The van der Waals surface area contributed by atoms with Gasteiger partial charge >= 0.3 is 0 Å². The van der Waals surface area contributed by atoms with Gasteiger partial charge in [0.05, 0.1) is 13.2 Å². The van der Waals surface area contributed by atoms with E-state index >= 15 is 0 Å². The first-order valence-corrected chi connectivity index (χ1v) is 14.1. The van der Waals surface area contributed by atoms with Crippen molar-refractivity contribution in [3.8, 4) is 23.0 Å². The molecule has 6 nitrogen and oxygen atoms in total. The highest BCUT2D eigenvalue weighted by Crippen LogP contribution is 2.39. The van der Waals surface area contributed by atoms with Crippen molar-refractivity contribution in [1.82, 2.24) is 0 Å². The molecule has 8 bridgehead atoms. The summed E-state index contributed by atoms with van der Waals surface area (Å²) in [6.45, 7) is 5.25. The first-order valence-electron chi connectivity index (χ1n) is 14.1. The summed E-state index contributed by atoms with van der Waals surface area (Å²) in [6, 6.07) is 19.3. The van der Waals surface area contributed by atoms with E-state index in [4.69, 9.17) is 20.9 Å². The second kappa shape index (κ2) is 11.8. The van der Waals surface area contributed by atoms with E-state index in [2.05, 4.69) is 13.8 Å². The Hall–Kier alpha value is -4.32. The number of hydrogen-bond acceptors (Lipinski definition) is 6. The molecule has 0 fully saturated rings. The van der Waals surface area contributed by atoms with Gasteiger partial charge in [-0.1, -0.05) is 50.2 Å². The lowest BCUT2D eigenvalue weighted by Crippen LogP contribution is -2.08. The highest BCUT2D eigenvalue weighted by molar-refractivity contribution is 5.61. The van der Waals surface area contributed by atoms with Crippen LogP contribution in [0.1, 0.15) is 71.2 Å². The van der Waals surface area contributed by atoms with Gasteiger partial charge in [-0.25, -0.2) is 0 Å². The molecular formula is C34H38N2O4. The first-order chi connectivity index (χ1) is 19.4. The number of fused-ring (bicyclic) bond motifs is 8. The lowest BCUT2D eigenvalue weighted by atomic mass is 9.91. The number of hydrogen-bond donors (Lipinski definition) is 4. The second-order valence-corrected chi connectivity index (χ2v) is 10.6. The Morgan fingerprint density at radius 1 is 0.550 bits per heavy atom. The molecule has 4 aromatic rings. The topological polar surface area (TPSA) is 111 Å². The van der Waals surface area contributed by atoms with Crippen LogP contribution < -0.4 is 20.9 Å². The highest BCUT2D eigenvalue weighted by atomic mass is 16.5. The highest BCUT2D eigenvalue weighted by Gasteiger charge is 2.21. The first kappa shape index (κ1) is 27.3. The monoisotopic (exact) mass is 538 g/mol. The molecule has 4 aromatic carbocycles. The molecule has 0 amide bonds. The van der Waals surface area contributed by atoms with Crippen LogP contribution in [-0.2, 0) is 25.7 Å². The molecule has 0 heterocycles.